The molecule has 0 saturated heterocycles. The van der Waals surface area contributed by atoms with Crippen LogP contribution < -0.4 is 20.1 Å². The van der Waals surface area contributed by atoms with E-state index in [1.807, 2.05) is 13.8 Å². The minimum Gasteiger partial charge on any atom is -0.356 e. The summed E-state index contributed by atoms with van der Waals surface area (Å²) in [5.74, 6) is 0.201. The minimum atomic E-state index is -5.79. The number of alkyl halides is 6. The molecule has 0 radical (unpaired) electrons. The zero-order valence-electron chi connectivity index (χ0n) is 23.8. The zero-order valence-corrected chi connectivity index (χ0v) is 27.1. The van der Waals surface area contributed by atoms with Crippen LogP contribution in [0.4, 0.5) is 26.3 Å². The summed E-state index contributed by atoms with van der Waals surface area (Å²) in [4.78, 5) is 21.7. The molecule has 0 atom stereocenters. The lowest BCUT2D eigenvalue weighted by molar-refractivity contribution is -0.0448. The number of aliphatic imine (C=N–C) groups is 2. The van der Waals surface area contributed by atoms with Crippen LogP contribution >= 0.6 is 23.5 Å². The van der Waals surface area contributed by atoms with E-state index in [0.717, 1.165) is 22.8 Å². The van der Waals surface area contributed by atoms with Crippen molar-refractivity contribution in [1.29, 1.82) is 0 Å². The van der Waals surface area contributed by atoms with Gasteiger partial charge in [0.15, 0.2) is 0 Å². The van der Waals surface area contributed by atoms with E-state index >= 15 is 0 Å². The molecular weight excluding hydrogens is 699 g/mol. The Morgan fingerprint density at radius 3 is 1.44 bits per heavy atom. The largest absolute Gasteiger partial charge is 0.516 e. The number of rotatable bonds is 16. The number of H-pyrrole nitrogens is 2. The molecule has 0 amide bonds. The summed E-state index contributed by atoms with van der Waals surface area (Å²) in [6.45, 7) is 3.08. The highest BCUT2D eigenvalue weighted by Gasteiger charge is 2.47. The molecule has 0 bridgehead atoms. The van der Waals surface area contributed by atoms with E-state index in [1.54, 1.807) is 0 Å². The molecule has 0 fully saturated rings. The molecule has 256 valence electrons. The van der Waals surface area contributed by atoms with Gasteiger partial charge in [0.05, 0.1) is 37.1 Å². The molecule has 0 spiro atoms. The molecule has 2 aromatic heterocycles. The lowest BCUT2D eigenvalue weighted by Gasteiger charge is -2.16. The molecule has 0 aliphatic rings. The Morgan fingerprint density at radius 2 is 1.13 bits per heavy atom. The maximum atomic E-state index is 12.9. The smallest absolute Gasteiger partial charge is 0.356 e. The molecule has 45 heavy (non-hydrogen) atoms. The number of nitrogens with zero attached hydrogens (tertiary/aromatic N) is 4. The van der Waals surface area contributed by atoms with Crippen molar-refractivity contribution >= 4 is 55.5 Å². The van der Waals surface area contributed by atoms with Crippen molar-refractivity contribution in [2.75, 3.05) is 37.7 Å². The van der Waals surface area contributed by atoms with E-state index in [9.17, 15) is 43.2 Å². The summed E-state index contributed by atoms with van der Waals surface area (Å²) < 4.78 is 127. The van der Waals surface area contributed by atoms with Crippen molar-refractivity contribution in [3.8, 4) is 0 Å². The van der Waals surface area contributed by atoms with Crippen LogP contribution in [0, 0.1) is 13.8 Å². The summed E-state index contributed by atoms with van der Waals surface area (Å²) >= 11 is 2.72. The van der Waals surface area contributed by atoms with Gasteiger partial charge in [0, 0.05) is 47.5 Å². The summed E-state index contributed by atoms with van der Waals surface area (Å²) in [6, 6.07) is 0. The second kappa shape index (κ2) is 17.2. The first-order valence-corrected chi connectivity index (χ1v) is 18.1. The average Bonchev–Trinajstić information content (AvgIpc) is 3.52. The maximum absolute atomic E-state index is 12.9. The van der Waals surface area contributed by atoms with Crippen LogP contribution in [0.15, 0.2) is 22.6 Å². The van der Waals surface area contributed by atoms with Crippen molar-refractivity contribution in [2.24, 2.45) is 9.98 Å². The average molecular weight is 731 g/mol. The van der Waals surface area contributed by atoms with Crippen LogP contribution in [-0.2, 0) is 31.6 Å². The maximum Gasteiger partial charge on any atom is 0.516 e. The Bertz CT molecular complexity index is 1380. The summed E-state index contributed by atoms with van der Waals surface area (Å²) in [7, 11) is -11.6. The first-order valence-electron chi connectivity index (χ1n) is 12.8. The van der Waals surface area contributed by atoms with E-state index in [-0.39, 0.29) is 32.6 Å². The van der Waals surface area contributed by atoms with Crippen molar-refractivity contribution in [3.63, 3.8) is 0 Å². The van der Waals surface area contributed by atoms with Crippen LogP contribution in [0.1, 0.15) is 29.2 Å². The summed E-state index contributed by atoms with van der Waals surface area (Å²) in [6.07, 6.45) is 2.99. The number of halogens is 6. The Kier molecular flexibility index (Phi) is 14.6. The number of aromatic amines is 2. The molecule has 0 aliphatic heterocycles. The highest BCUT2D eigenvalue weighted by Crippen LogP contribution is 2.22. The third-order valence-corrected chi connectivity index (χ3v) is 9.41. The van der Waals surface area contributed by atoms with Crippen LogP contribution in [-0.4, -0.2) is 97.4 Å². The number of aromatic nitrogens is 4. The van der Waals surface area contributed by atoms with Crippen LogP contribution in [0.5, 0.6) is 0 Å². The Balaban J connectivity index is 1.94. The predicted octanol–water partition coefficient (Wildman–Crippen LogP) is 2.08. The van der Waals surface area contributed by atoms with Gasteiger partial charge >= 0.3 is 31.1 Å². The van der Waals surface area contributed by atoms with Gasteiger partial charge in [-0.2, -0.15) is 66.7 Å². The Labute approximate surface area is 264 Å². The van der Waals surface area contributed by atoms with Gasteiger partial charge in [-0.15, -0.1) is 0 Å². The fourth-order valence-electron chi connectivity index (χ4n) is 2.97. The molecule has 6 N–H and O–H groups in total. The molecule has 0 saturated carbocycles. The fourth-order valence-corrected chi connectivity index (χ4v) is 5.68. The summed E-state index contributed by atoms with van der Waals surface area (Å²) in [5, 5.41) is 4.82. The predicted molar refractivity (Wildman–Crippen MR) is 160 cm³/mol. The van der Waals surface area contributed by atoms with Crippen molar-refractivity contribution in [3.05, 3.63) is 35.4 Å². The van der Waals surface area contributed by atoms with E-state index < -0.39 is 43.0 Å². The number of thioether (sulfide) groups is 2. The third-order valence-electron chi connectivity index (χ3n) is 5.37. The number of aryl methyl sites for hydroxylation is 2. The van der Waals surface area contributed by atoms with Gasteiger partial charge in [0.25, 0.3) is 0 Å². The number of nitrogens with one attached hydrogen (secondary N) is 6. The molecule has 14 nitrogen and oxygen atoms in total. The molecule has 2 rings (SSSR count). The second-order valence-electron chi connectivity index (χ2n) is 8.82. The topological polar surface area (TPSA) is 198 Å². The number of imidazole rings is 2. The van der Waals surface area contributed by atoms with Gasteiger partial charge in [-0.1, -0.05) is 0 Å². The van der Waals surface area contributed by atoms with Crippen molar-refractivity contribution in [2.45, 2.75) is 42.8 Å². The number of sulfonamides is 2. The first kappa shape index (κ1) is 38.3. The normalized spacial score (nSPS) is 13.6. The van der Waals surface area contributed by atoms with Crippen LogP contribution in [0.25, 0.3) is 0 Å². The Hall–Kier alpha value is -2.86. The molecule has 2 heterocycles. The first-order chi connectivity index (χ1) is 20.9. The van der Waals surface area contributed by atoms with Gasteiger partial charge in [0.1, 0.15) is 0 Å². The number of guanidine groups is 2. The number of hydrogen-bond donors (Lipinski definition) is 6. The molecular formula is C21H32F6N10O4S4. The zero-order chi connectivity index (χ0) is 33.7. The highest BCUT2D eigenvalue weighted by molar-refractivity contribution is 7.98. The SMILES string of the molecule is Cc1[nH]cnc1CSCC/N=C(\NCCCN/C(=N\CCSCc1nc[nH]c1C)NS(=O)(=O)C(F)(F)F)NS(=O)(=O)C(F)(F)F. The lowest BCUT2D eigenvalue weighted by atomic mass is 10.4. The van der Waals surface area contributed by atoms with Crippen molar-refractivity contribution < 1.29 is 43.2 Å². The van der Waals surface area contributed by atoms with Gasteiger partial charge in [-0.05, 0) is 20.3 Å². The molecule has 0 aromatic carbocycles. The lowest BCUT2D eigenvalue weighted by Crippen LogP contribution is -2.48. The van der Waals surface area contributed by atoms with Crippen LogP contribution in [0.3, 0.4) is 0 Å². The molecule has 0 unspecified atom stereocenters. The quantitative estimate of drug-likeness (QED) is 0.0644. The summed E-state index contributed by atoms with van der Waals surface area (Å²) in [5.41, 5.74) is -7.98. The van der Waals surface area contributed by atoms with E-state index in [4.69, 9.17) is 0 Å². The highest BCUT2D eigenvalue weighted by atomic mass is 32.2. The van der Waals surface area contributed by atoms with Gasteiger partial charge < -0.3 is 20.6 Å². The van der Waals surface area contributed by atoms with E-state index in [0.29, 0.717) is 23.0 Å². The van der Waals surface area contributed by atoms with Crippen molar-refractivity contribution in [1.82, 2.24) is 40.0 Å². The molecule has 24 heteroatoms. The van der Waals surface area contributed by atoms with Crippen LogP contribution in [0.2, 0.25) is 0 Å². The fraction of sp³-hybridized carbons (Fsp3) is 0.619. The van der Waals surface area contributed by atoms with E-state index in [2.05, 4.69) is 40.6 Å². The molecule has 0 aliphatic carbocycles. The Morgan fingerprint density at radius 1 is 0.756 bits per heavy atom. The monoisotopic (exact) mass is 730 g/mol. The third kappa shape index (κ3) is 13.2. The standard InChI is InChI=1S/C21H32F6N10O4S4/c1-14-16(34-12-32-14)10-42-8-6-30-18(36-44(38,39)20(22,23)24)28-4-3-5-29-19(37-45(40,41)21(25,26)27)31-7-9-43-11-17-15(2)33-13-35-17/h12-13H,3-11H2,1-2H3,(H,32,34)(H,33,35)(H2,28,30,36)(H2,29,31,37). The molecule has 2 aromatic rings. The van der Waals surface area contributed by atoms with Gasteiger partial charge in [0.2, 0.25) is 11.9 Å². The van der Waals surface area contributed by atoms with Gasteiger partial charge in [-0.25, -0.2) is 19.4 Å². The number of hydrogen-bond acceptors (Lipinski definition) is 10. The second-order valence-corrected chi connectivity index (χ2v) is 14.4. The minimum absolute atomic E-state index is 0.0279. The van der Waals surface area contributed by atoms with Gasteiger partial charge in [-0.3, -0.25) is 9.98 Å². The van der Waals surface area contributed by atoms with E-state index in [1.165, 1.54) is 45.6 Å².